The van der Waals surface area contributed by atoms with E-state index in [0.29, 0.717) is 53.2 Å². The first-order valence-corrected chi connectivity index (χ1v) is 16.6. The molecule has 11 heteroatoms. The number of amides is 1. The van der Waals surface area contributed by atoms with Crippen LogP contribution in [-0.2, 0) is 24.3 Å². The van der Waals surface area contributed by atoms with Crippen LogP contribution in [0.15, 0.2) is 54.7 Å². The molecule has 4 aromatic rings. The quantitative estimate of drug-likeness (QED) is 0.169. The Labute approximate surface area is 284 Å². The molecule has 0 aliphatic carbocycles. The van der Waals surface area contributed by atoms with Gasteiger partial charge in [0.15, 0.2) is 0 Å². The van der Waals surface area contributed by atoms with E-state index >= 15 is 0 Å². The highest BCUT2D eigenvalue weighted by Crippen LogP contribution is 2.43. The summed E-state index contributed by atoms with van der Waals surface area (Å²) in [5.74, 6) is 1.38. The molecule has 0 spiro atoms. The van der Waals surface area contributed by atoms with Crippen molar-refractivity contribution >= 4 is 29.1 Å². The van der Waals surface area contributed by atoms with Gasteiger partial charge in [0.05, 0.1) is 42.3 Å². The summed E-state index contributed by atoms with van der Waals surface area (Å²) in [6.07, 6.45) is 4.51. The van der Waals surface area contributed by atoms with E-state index in [0.717, 1.165) is 71.6 Å². The Bertz CT molecular complexity index is 1750. The molecule has 2 aromatic carbocycles. The molecule has 2 aliphatic rings. The molecule has 6 rings (SSSR count). The Morgan fingerprint density at radius 2 is 1.87 bits per heavy atom. The van der Waals surface area contributed by atoms with Crippen molar-refractivity contribution in [2.24, 2.45) is 0 Å². The second-order valence-corrected chi connectivity index (χ2v) is 12.6. The van der Waals surface area contributed by atoms with Crippen molar-refractivity contribution in [2.45, 2.75) is 44.8 Å². The van der Waals surface area contributed by atoms with Gasteiger partial charge in [-0.2, -0.15) is 0 Å². The minimum absolute atomic E-state index is 0.0994. The number of pyridine rings is 2. The number of hydrogen-bond acceptors (Lipinski definition) is 7. The lowest BCUT2D eigenvalue weighted by molar-refractivity contribution is -0.119. The topological polar surface area (TPSA) is 88.6 Å². The zero-order valence-electron chi connectivity index (χ0n) is 26.5. The third-order valence-electron chi connectivity index (χ3n) is 8.86. The largest absolute Gasteiger partial charge is 0.496 e. The van der Waals surface area contributed by atoms with Crippen molar-refractivity contribution in [3.05, 3.63) is 81.5 Å². The molecule has 2 aliphatic heterocycles. The molecule has 0 radical (unpaired) electrons. The molecule has 2 aromatic heterocycles. The standard InChI is InChI=1S/C36H38Cl2FN5O3/c1-46-31-18-24(17-22-12-16-44(15-4-13-39)21-29(22)31)35-34(38)27(11-14-41-35)26-5-3-6-28(33(26)37)30-9-7-23(36(43-30)47-2)19-40-20-25-8-10-32(45)42-25/h3,5-7,9,11,14,17-18,25,40H,4,8,10,12-13,15-16,19-21H2,1-2H3,(H,42,45)/t25-/m1/s1. The molecule has 0 saturated carbocycles. The van der Waals surface area contributed by atoms with E-state index in [4.69, 9.17) is 37.7 Å². The van der Waals surface area contributed by atoms with Crippen LogP contribution in [0.25, 0.3) is 33.6 Å². The van der Waals surface area contributed by atoms with Gasteiger partial charge >= 0.3 is 0 Å². The Morgan fingerprint density at radius 1 is 1.04 bits per heavy atom. The molecular formula is C36H38Cl2FN5O3. The first-order valence-electron chi connectivity index (χ1n) is 15.9. The maximum Gasteiger partial charge on any atom is 0.220 e. The molecule has 47 heavy (non-hydrogen) atoms. The molecule has 1 amide bonds. The minimum atomic E-state index is -0.314. The number of fused-ring (bicyclic) bond motifs is 1. The lowest BCUT2D eigenvalue weighted by Crippen LogP contribution is -2.35. The number of carbonyl (C=O) groups excluding carboxylic acids is 1. The van der Waals surface area contributed by atoms with Gasteiger partial charge in [-0.3, -0.25) is 19.1 Å². The fourth-order valence-electron chi connectivity index (χ4n) is 6.41. The van der Waals surface area contributed by atoms with Gasteiger partial charge in [0.1, 0.15) is 5.75 Å². The number of benzene rings is 2. The summed E-state index contributed by atoms with van der Waals surface area (Å²) in [5.41, 5.74) is 7.65. The smallest absolute Gasteiger partial charge is 0.220 e. The van der Waals surface area contributed by atoms with Crippen LogP contribution in [0.4, 0.5) is 4.39 Å². The van der Waals surface area contributed by atoms with Crippen LogP contribution in [0.1, 0.15) is 36.0 Å². The van der Waals surface area contributed by atoms with E-state index in [1.165, 1.54) is 5.56 Å². The molecule has 8 nitrogen and oxygen atoms in total. The molecule has 1 atom stereocenters. The normalized spacial score (nSPS) is 16.2. The van der Waals surface area contributed by atoms with E-state index in [1.54, 1.807) is 20.4 Å². The minimum Gasteiger partial charge on any atom is -0.496 e. The van der Waals surface area contributed by atoms with Crippen LogP contribution in [0.5, 0.6) is 11.6 Å². The van der Waals surface area contributed by atoms with E-state index in [2.05, 4.69) is 26.6 Å². The van der Waals surface area contributed by atoms with Crippen LogP contribution < -0.4 is 20.1 Å². The Morgan fingerprint density at radius 3 is 2.64 bits per heavy atom. The monoisotopic (exact) mass is 677 g/mol. The van der Waals surface area contributed by atoms with Crippen LogP contribution in [0.2, 0.25) is 10.0 Å². The number of alkyl halides is 1. The average molecular weight is 679 g/mol. The van der Waals surface area contributed by atoms with Crippen molar-refractivity contribution in [3.63, 3.8) is 0 Å². The fourth-order valence-corrected chi connectivity index (χ4v) is 7.06. The second kappa shape index (κ2) is 15.0. The highest BCUT2D eigenvalue weighted by molar-refractivity contribution is 6.39. The first kappa shape index (κ1) is 33.2. The fraction of sp³-hybridized carbons (Fsp3) is 0.361. The van der Waals surface area contributed by atoms with E-state index in [-0.39, 0.29) is 18.6 Å². The summed E-state index contributed by atoms with van der Waals surface area (Å²) in [6.45, 7) is 3.22. The third-order valence-corrected chi connectivity index (χ3v) is 9.65. The Balaban J connectivity index is 1.27. The lowest BCUT2D eigenvalue weighted by Gasteiger charge is -2.30. The van der Waals surface area contributed by atoms with Gasteiger partial charge in [-0.25, -0.2) is 4.98 Å². The predicted molar refractivity (Wildman–Crippen MR) is 184 cm³/mol. The molecule has 246 valence electrons. The third kappa shape index (κ3) is 7.23. The Kier molecular flexibility index (Phi) is 10.6. The first-order chi connectivity index (χ1) is 22.9. The molecule has 0 unspecified atom stereocenters. The van der Waals surface area contributed by atoms with E-state index < -0.39 is 0 Å². The highest BCUT2D eigenvalue weighted by atomic mass is 35.5. The summed E-state index contributed by atoms with van der Waals surface area (Å²) in [6, 6.07) is 15.8. The number of ether oxygens (including phenoxy) is 2. The number of nitrogens with zero attached hydrogens (tertiary/aromatic N) is 3. The zero-order chi connectivity index (χ0) is 32.9. The van der Waals surface area contributed by atoms with Gasteiger partial charge in [0.2, 0.25) is 11.8 Å². The van der Waals surface area contributed by atoms with Gasteiger partial charge < -0.3 is 20.1 Å². The van der Waals surface area contributed by atoms with Crippen molar-refractivity contribution in [2.75, 3.05) is 40.5 Å². The molecular weight excluding hydrogens is 640 g/mol. The van der Waals surface area contributed by atoms with Gasteiger partial charge in [0.25, 0.3) is 0 Å². The van der Waals surface area contributed by atoms with Crippen LogP contribution in [0, 0.1) is 0 Å². The highest BCUT2D eigenvalue weighted by Gasteiger charge is 2.24. The lowest BCUT2D eigenvalue weighted by atomic mass is 9.94. The number of methoxy groups -OCH3 is 2. The molecule has 1 fully saturated rings. The maximum absolute atomic E-state index is 12.8. The van der Waals surface area contributed by atoms with Crippen molar-refractivity contribution in [1.29, 1.82) is 0 Å². The second-order valence-electron chi connectivity index (χ2n) is 11.9. The van der Waals surface area contributed by atoms with Crippen LogP contribution in [-0.4, -0.2) is 67.3 Å². The summed E-state index contributed by atoms with van der Waals surface area (Å²) >= 11 is 14.2. The summed E-state index contributed by atoms with van der Waals surface area (Å²) < 4.78 is 24.2. The average Bonchev–Trinajstić information content (AvgIpc) is 3.51. The van der Waals surface area contributed by atoms with Gasteiger partial charge in [-0.1, -0.05) is 47.5 Å². The van der Waals surface area contributed by atoms with Gasteiger partial charge in [-0.15, -0.1) is 0 Å². The van der Waals surface area contributed by atoms with E-state index in [1.807, 2.05) is 42.5 Å². The number of nitrogens with one attached hydrogen (secondary N) is 2. The summed E-state index contributed by atoms with van der Waals surface area (Å²) in [5, 5.41) is 7.37. The summed E-state index contributed by atoms with van der Waals surface area (Å²) in [4.78, 5) is 23.2. The van der Waals surface area contributed by atoms with Crippen molar-refractivity contribution in [1.82, 2.24) is 25.5 Å². The summed E-state index contributed by atoms with van der Waals surface area (Å²) in [7, 11) is 3.27. The molecule has 4 heterocycles. The number of hydrogen-bond donors (Lipinski definition) is 2. The maximum atomic E-state index is 12.8. The SMILES string of the molecule is COc1cc(-c2nccc(-c3cccc(-c4ccc(CNC[C@H]5CCC(=O)N5)c(OC)n4)c3Cl)c2Cl)cc2c1CN(CCCF)CC2. The van der Waals surface area contributed by atoms with E-state index in [9.17, 15) is 9.18 Å². The molecule has 0 bridgehead atoms. The number of aromatic nitrogens is 2. The molecule has 1 saturated heterocycles. The number of halogens is 3. The molecule has 2 N–H and O–H groups in total. The van der Waals surface area contributed by atoms with Gasteiger partial charge in [-0.05, 0) is 49.1 Å². The van der Waals surface area contributed by atoms with Crippen LogP contribution >= 0.6 is 23.2 Å². The van der Waals surface area contributed by atoms with Gasteiger partial charge in [0, 0.05) is 84.8 Å². The van der Waals surface area contributed by atoms with Crippen molar-refractivity contribution < 1.29 is 18.7 Å². The zero-order valence-corrected chi connectivity index (χ0v) is 28.1. The number of rotatable bonds is 12. The van der Waals surface area contributed by atoms with Crippen LogP contribution in [0.3, 0.4) is 0 Å². The number of carbonyl (C=O) groups is 1. The van der Waals surface area contributed by atoms with Crippen molar-refractivity contribution in [3.8, 4) is 45.3 Å². The predicted octanol–water partition coefficient (Wildman–Crippen LogP) is 6.89. The Hall–Kier alpha value is -3.76.